The topological polar surface area (TPSA) is 101 Å². The number of carboxylic acids is 1. The predicted octanol–water partition coefficient (Wildman–Crippen LogP) is -1.55. The van der Waals surface area contributed by atoms with Gasteiger partial charge in [0.15, 0.2) is 0 Å². The van der Waals surface area contributed by atoms with Crippen molar-refractivity contribution in [3.63, 3.8) is 0 Å². The summed E-state index contributed by atoms with van der Waals surface area (Å²) >= 11 is 0. The van der Waals surface area contributed by atoms with Gasteiger partial charge in [-0.1, -0.05) is 0 Å². The summed E-state index contributed by atoms with van der Waals surface area (Å²) in [6.07, 6.45) is 0. The molecular formula is C7H12N2O4. The van der Waals surface area contributed by atoms with Gasteiger partial charge in [0.2, 0.25) is 5.91 Å². The lowest BCUT2D eigenvalue weighted by Crippen LogP contribution is -2.39. The highest BCUT2D eigenvalue weighted by Gasteiger charge is 2.17. The molecule has 0 aliphatic heterocycles. The summed E-state index contributed by atoms with van der Waals surface area (Å²) in [6.45, 7) is 1.23. The lowest BCUT2D eigenvalue weighted by molar-refractivity contribution is -0.150. The molecular weight excluding hydrogens is 176 g/mol. The average molecular weight is 188 g/mol. The summed E-state index contributed by atoms with van der Waals surface area (Å²) in [5, 5.41) is 8.26. The van der Waals surface area contributed by atoms with E-state index in [2.05, 4.69) is 0 Å². The van der Waals surface area contributed by atoms with E-state index in [1.54, 1.807) is 0 Å². The number of ketones is 1. The molecule has 0 aromatic carbocycles. The molecule has 3 N–H and O–H groups in total. The van der Waals surface area contributed by atoms with Crippen LogP contribution in [0.1, 0.15) is 6.92 Å². The maximum atomic E-state index is 10.8. The number of hydrogen-bond acceptors (Lipinski definition) is 4. The first-order valence-electron chi connectivity index (χ1n) is 3.70. The molecule has 13 heavy (non-hydrogen) atoms. The number of nitrogens with two attached hydrogens (primary N) is 1. The van der Waals surface area contributed by atoms with Gasteiger partial charge in [-0.05, 0) is 0 Å². The molecule has 0 aliphatic carbocycles. The highest BCUT2D eigenvalue weighted by molar-refractivity contribution is 6.33. The number of aliphatic carboxylic acids is 1. The third-order valence-electron chi connectivity index (χ3n) is 1.42. The van der Waals surface area contributed by atoms with Crippen LogP contribution in [0.15, 0.2) is 0 Å². The summed E-state index contributed by atoms with van der Waals surface area (Å²) in [4.78, 5) is 32.8. The van der Waals surface area contributed by atoms with Crippen molar-refractivity contribution in [1.29, 1.82) is 0 Å². The van der Waals surface area contributed by atoms with E-state index in [0.29, 0.717) is 0 Å². The van der Waals surface area contributed by atoms with Crippen molar-refractivity contribution in [2.45, 2.75) is 6.92 Å². The monoisotopic (exact) mass is 188 g/mol. The van der Waals surface area contributed by atoms with Crippen LogP contribution >= 0.6 is 0 Å². The molecule has 0 rings (SSSR count). The first kappa shape index (κ1) is 11.6. The maximum Gasteiger partial charge on any atom is 0.374 e. The summed E-state index contributed by atoms with van der Waals surface area (Å²) in [5.41, 5.74) is 5.17. The van der Waals surface area contributed by atoms with Gasteiger partial charge in [0.05, 0.1) is 6.54 Å². The average Bonchev–Trinajstić information content (AvgIpc) is 2.03. The molecule has 6 nitrogen and oxygen atoms in total. The minimum Gasteiger partial charge on any atom is -0.475 e. The molecule has 0 aromatic rings. The number of hydrogen-bond donors (Lipinski definition) is 2. The molecule has 1 amide bonds. The van der Waals surface area contributed by atoms with Crippen LogP contribution in [0.3, 0.4) is 0 Å². The van der Waals surface area contributed by atoms with Crippen molar-refractivity contribution in [3.8, 4) is 0 Å². The van der Waals surface area contributed by atoms with Crippen LogP contribution in [0.4, 0.5) is 0 Å². The van der Waals surface area contributed by atoms with Crippen molar-refractivity contribution in [3.05, 3.63) is 0 Å². The summed E-state index contributed by atoms with van der Waals surface area (Å²) in [5.74, 6) is -2.91. The Hall–Kier alpha value is -1.43. The van der Waals surface area contributed by atoms with Crippen LogP contribution < -0.4 is 5.73 Å². The molecule has 0 radical (unpaired) electrons. The molecule has 0 spiro atoms. The zero-order valence-electron chi connectivity index (χ0n) is 7.32. The third-order valence-corrected chi connectivity index (χ3v) is 1.42. The lowest BCUT2D eigenvalue weighted by atomic mass is 10.3. The van der Waals surface area contributed by atoms with Gasteiger partial charge in [-0.3, -0.25) is 9.59 Å². The molecule has 0 unspecified atom stereocenters. The van der Waals surface area contributed by atoms with E-state index in [0.717, 1.165) is 4.90 Å². The summed E-state index contributed by atoms with van der Waals surface area (Å²) in [7, 11) is 0. The Morgan fingerprint density at radius 1 is 1.38 bits per heavy atom. The quantitative estimate of drug-likeness (QED) is 0.508. The van der Waals surface area contributed by atoms with E-state index in [9.17, 15) is 14.4 Å². The van der Waals surface area contributed by atoms with E-state index >= 15 is 0 Å². The van der Waals surface area contributed by atoms with Crippen molar-refractivity contribution >= 4 is 17.7 Å². The Balaban J connectivity index is 4.17. The maximum absolute atomic E-state index is 10.8. The smallest absolute Gasteiger partial charge is 0.374 e. The first-order chi connectivity index (χ1) is 5.99. The molecule has 0 saturated carbocycles. The van der Waals surface area contributed by atoms with Gasteiger partial charge >= 0.3 is 5.97 Å². The van der Waals surface area contributed by atoms with Crippen molar-refractivity contribution in [2.24, 2.45) is 5.73 Å². The third kappa shape index (κ3) is 4.22. The fourth-order valence-electron chi connectivity index (χ4n) is 0.745. The molecule has 0 heterocycles. The van der Waals surface area contributed by atoms with Gasteiger partial charge in [0, 0.05) is 20.0 Å². The van der Waals surface area contributed by atoms with Gasteiger partial charge in [-0.15, -0.1) is 0 Å². The van der Waals surface area contributed by atoms with Gasteiger partial charge in [0.25, 0.3) is 5.78 Å². The van der Waals surface area contributed by atoms with Gasteiger partial charge in [-0.2, -0.15) is 0 Å². The number of carboxylic acid groups (broad SMARTS) is 1. The second kappa shape index (κ2) is 5.26. The zero-order valence-corrected chi connectivity index (χ0v) is 7.32. The molecule has 0 atom stereocenters. The second-order valence-electron chi connectivity index (χ2n) is 2.46. The Labute approximate surface area is 75.3 Å². The van der Waals surface area contributed by atoms with Crippen LogP contribution in [0.5, 0.6) is 0 Å². The minimum absolute atomic E-state index is 0.189. The number of Topliss-reactive ketones (excluding diaryl/α,β-unsaturated/α-hetero) is 1. The number of carbonyl (C=O) groups is 3. The zero-order chi connectivity index (χ0) is 10.4. The fraction of sp³-hybridized carbons (Fsp3) is 0.571. The largest absolute Gasteiger partial charge is 0.475 e. The minimum atomic E-state index is -1.54. The SMILES string of the molecule is CC(=O)N(CCN)CC(=O)C(=O)O. The number of amides is 1. The second-order valence-corrected chi connectivity index (χ2v) is 2.46. The van der Waals surface area contributed by atoms with E-state index in [4.69, 9.17) is 10.8 Å². The van der Waals surface area contributed by atoms with Crippen molar-refractivity contribution in [1.82, 2.24) is 4.90 Å². The Kier molecular flexibility index (Phi) is 4.68. The molecule has 0 aromatic heterocycles. The molecule has 0 fully saturated rings. The van der Waals surface area contributed by atoms with Crippen LogP contribution in [-0.4, -0.2) is 47.3 Å². The molecule has 0 aliphatic rings. The summed E-state index contributed by atoms with van der Waals surface area (Å²) in [6, 6.07) is 0. The highest BCUT2D eigenvalue weighted by Crippen LogP contribution is 1.89. The normalized spacial score (nSPS) is 9.38. The van der Waals surface area contributed by atoms with Crippen LogP contribution in [0, 0.1) is 0 Å². The van der Waals surface area contributed by atoms with E-state index in [1.807, 2.05) is 0 Å². The number of carbonyl (C=O) groups excluding carboxylic acids is 2. The first-order valence-corrected chi connectivity index (χ1v) is 3.70. The Morgan fingerprint density at radius 3 is 2.23 bits per heavy atom. The van der Waals surface area contributed by atoms with Crippen LogP contribution in [-0.2, 0) is 14.4 Å². The van der Waals surface area contributed by atoms with E-state index in [-0.39, 0.29) is 19.0 Å². The molecule has 0 saturated heterocycles. The summed E-state index contributed by atoms with van der Waals surface area (Å²) < 4.78 is 0. The number of nitrogens with zero attached hydrogens (tertiary/aromatic N) is 1. The lowest BCUT2D eigenvalue weighted by Gasteiger charge is -2.17. The van der Waals surface area contributed by atoms with Gasteiger partial charge < -0.3 is 15.7 Å². The molecule has 74 valence electrons. The molecule has 6 heteroatoms. The standard InChI is InChI=1S/C7H12N2O4/c1-5(10)9(3-2-8)4-6(11)7(12)13/h2-4,8H2,1H3,(H,12,13). The number of rotatable bonds is 5. The fourth-order valence-corrected chi connectivity index (χ4v) is 0.745. The van der Waals surface area contributed by atoms with Crippen LogP contribution in [0.2, 0.25) is 0 Å². The van der Waals surface area contributed by atoms with Gasteiger partial charge in [0.1, 0.15) is 0 Å². The van der Waals surface area contributed by atoms with Crippen molar-refractivity contribution < 1.29 is 19.5 Å². The van der Waals surface area contributed by atoms with Crippen molar-refractivity contribution in [2.75, 3.05) is 19.6 Å². The predicted molar refractivity (Wildman–Crippen MR) is 44.0 cm³/mol. The van der Waals surface area contributed by atoms with Crippen LogP contribution in [0.25, 0.3) is 0 Å². The highest BCUT2D eigenvalue weighted by atomic mass is 16.4. The Morgan fingerprint density at radius 2 is 1.92 bits per heavy atom. The molecule has 0 bridgehead atoms. The Bertz CT molecular complexity index is 227. The van der Waals surface area contributed by atoms with E-state index in [1.165, 1.54) is 6.92 Å². The van der Waals surface area contributed by atoms with E-state index < -0.39 is 18.3 Å². The van der Waals surface area contributed by atoms with Gasteiger partial charge in [-0.25, -0.2) is 4.79 Å².